The van der Waals surface area contributed by atoms with Crippen molar-refractivity contribution in [3.05, 3.63) is 47.5 Å². The minimum Gasteiger partial charge on any atom is -0.454 e. The monoisotopic (exact) mass is 272 g/mol. The number of aromatic nitrogens is 2. The summed E-state index contributed by atoms with van der Waals surface area (Å²) >= 11 is 0. The first-order chi connectivity index (χ1) is 9.63. The number of aryl methyl sites for hydroxylation is 2. The van der Waals surface area contributed by atoms with Crippen LogP contribution < -0.4 is 10.5 Å². The SMILES string of the molecule is CCc1nc(C)ccc1Oc1ccc(/C(N)=N/O)nc1. The Kier molecular flexibility index (Phi) is 4.14. The van der Waals surface area contributed by atoms with Gasteiger partial charge in [0, 0.05) is 5.69 Å². The Morgan fingerprint density at radius 2 is 2.15 bits per heavy atom. The second-order valence-electron chi connectivity index (χ2n) is 4.22. The maximum atomic E-state index is 8.57. The van der Waals surface area contributed by atoms with Gasteiger partial charge in [-0.2, -0.15) is 0 Å². The number of amidine groups is 1. The topological polar surface area (TPSA) is 93.6 Å². The maximum absolute atomic E-state index is 8.57. The lowest BCUT2D eigenvalue weighted by Crippen LogP contribution is -2.14. The van der Waals surface area contributed by atoms with Gasteiger partial charge in [0.05, 0.1) is 11.9 Å². The van der Waals surface area contributed by atoms with Gasteiger partial charge in [0.1, 0.15) is 17.2 Å². The highest BCUT2D eigenvalue weighted by Gasteiger charge is 2.07. The van der Waals surface area contributed by atoms with Gasteiger partial charge in [-0.05, 0) is 37.6 Å². The van der Waals surface area contributed by atoms with Crippen molar-refractivity contribution in [1.29, 1.82) is 0 Å². The van der Waals surface area contributed by atoms with Gasteiger partial charge in [-0.25, -0.2) is 4.98 Å². The largest absolute Gasteiger partial charge is 0.454 e. The van der Waals surface area contributed by atoms with Crippen molar-refractivity contribution < 1.29 is 9.94 Å². The number of hydrogen-bond acceptors (Lipinski definition) is 5. The van der Waals surface area contributed by atoms with Crippen LogP contribution >= 0.6 is 0 Å². The van der Waals surface area contributed by atoms with E-state index in [1.54, 1.807) is 12.1 Å². The van der Waals surface area contributed by atoms with Crippen molar-refractivity contribution in [2.45, 2.75) is 20.3 Å². The number of nitrogens with zero attached hydrogens (tertiary/aromatic N) is 3. The summed E-state index contributed by atoms with van der Waals surface area (Å²) in [6.07, 6.45) is 2.30. The molecule has 2 rings (SSSR count). The number of hydrogen-bond donors (Lipinski definition) is 2. The lowest BCUT2D eigenvalue weighted by Gasteiger charge is -2.10. The van der Waals surface area contributed by atoms with Gasteiger partial charge in [0.15, 0.2) is 5.84 Å². The van der Waals surface area contributed by atoms with E-state index in [0.29, 0.717) is 17.2 Å². The van der Waals surface area contributed by atoms with Crippen LogP contribution in [0, 0.1) is 6.92 Å². The molecule has 0 aliphatic rings. The second kappa shape index (κ2) is 6.01. The van der Waals surface area contributed by atoms with E-state index >= 15 is 0 Å². The molecule has 104 valence electrons. The van der Waals surface area contributed by atoms with Crippen LogP contribution in [0.1, 0.15) is 24.0 Å². The molecule has 6 nitrogen and oxygen atoms in total. The Morgan fingerprint density at radius 3 is 2.75 bits per heavy atom. The Hall–Kier alpha value is -2.63. The van der Waals surface area contributed by atoms with Crippen LogP contribution in [0.15, 0.2) is 35.6 Å². The average Bonchev–Trinajstić information content (AvgIpc) is 2.49. The first-order valence-corrected chi connectivity index (χ1v) is 6.22. The van der Waals surface area contributed by atoms with Crippen molar-refractivity contribution >= 4 is 5.84 Å². The lowest BCUT2D eigenvalue weighted by molar-refractivity contribution is 0.318. The molecule has 2 heterocycles. The van der Waals surface area contributed by atoms with Crippen molar-refractivity contribution in [2.75, 3.05) is 0 Å². The van der Waals surface area contributed by atoms with E-state index < -0.39 is 0 Å². The summed E-state index contributed by atoms with van der Waals surface area (Å²) in [5.41, 5.74) is 7.68. The number of pyridine rings is 2. The van der Waals surface area contributed by atoms with Crippen molar-refractivity contribution in [3.63, 3.8) is 0 Å². The molecule has 0 saturated heterocycles. The predicted octanol–water partition coefficient (Wildman–Crippen LogP) is 2.23. The molecule has 0 saturated carbocycles. The first kappa shape index (κ1) is 13.8. The molecule has 6 heteroatoms. The third-order valence-corrected chi connectivity index (χ3v) is 2.74. The number of nitrogens with two attached hydrogens (primary N) is 1. The summed E-state index contributed by atoms with van der Waals surface area (Å²) in [6, 6.07) is 7.11. The fourth-order valence-electron chi connectivity index (χ4n) is 1.71. The smallest absolute Gasteiger partial charge is 0.188 e. The van der Waals surface area contributed by atoms with Crippen molar-refractivity contribution in [1.82, 2.24) is 9.97 Å². The molecule has 2 aromatic rings. The third kappa shape index (κ3) is 3.03. The molecular weight excluding hydrogens is 256 g/mol. The van der Waals surface area contributed by atoms with E-state index in [0.717, 1.165) is 17.8 Å². The van der Waals surface area contributed by atoms with Gasteiger partial charge in [-0.3, -0.25) is 4.98 Å². The molecule has 0 aliphatic heterocycles. The average molecular weight is 272 g/mol. The van der Waals surface area contributed by atoms with Gasteiger partial charge in [-0.1, -0.05) is 12.1 Å². The van der Waals surface area contributed by atoms with Crippen LogP contribution in [0.4, 0.5) is 0 Å². The number of ether oxygens (including phenoxy) is 1. The molecule has 0 spiro atoms. The predicted molar refractivity (Wildman–Crippen MR) is 75.2 cm³/mol. The molecule has 0 radical (unpaired) electrons. The highest BCUT2D eigenvalue weighted by atomic mass is 16.5. The Bertz CT molecular complexity index is 624. The first-order valence-electron chi connectivity index (χ1n) is 6.22. The van der Waals surface area contributed by atoms with Crippen LogP contribution in [0.5, 0.6) is 11.5 Å². The zero-order valence-corrected chi connectivity index (χ0v) is 11.4. The molecular formula is C14H16N4O2. The molecule has 0 fully saturated rings. The Morgan fingerprint density at radius 1 is 1.35 bits per heavy atom. The van der Waals surface area contributed by atoms with Gasteiger partial charge >= 0.3 is 0 Å². The molecule has 0 aliphatic carbocycles. The summed E-state index contributed by atoms with van der Waals surface area (Å²) in [6.45, 7) is 3.96. The van der Waals surface area contributed by atoms with E-state index in [2.05, 4.69) is 15.1 Å². The van der Waals surface area contributed by atoms with Crippen LogP contribution in [-0.2, 0) is 6.42 Å². The van der Waals surface area contributed by atoms with E-state index in [9.17, 15) is 0 Å². The minimum atomic E-state index is -0.0391. The standard InChI is InChI=1S/C14H16N4O2/c1-3-11-13(7-4-9(2)17-11)20-10-5-6-12(16-8-10)14(15)18-19/h4-8,19H,3H2,1-2H3,(H2,15,18). The van der Waals surface area contributed by atoms with E-state index in [-0.39, 0.29) is 5.84 Å². The summed E-state index contributed by atoms with van der Waals surface area (Å²) in [7, 11) is 0. The van der Waals surface area contributed by atoms with Gasteiger partial charge in [0.2, 0.25) is 0 Å². The highest BCUT2D eigenvalue weighted by molar-refractivity contribution is 5.95. The summed E-state index contributed by atoms with van der Waals surface area (Å²) < 4.78 is 5.76. The Balaban J connectivity index is 2.22. The molecule has 3 N–H and O–H groups in total. The minimum absolute atomic E-state index is 0.0391. The molecule has 0 aromatic carbocycles. The zero-order chi connectivity index (χ0) is 14.5. The number of oxime groups is 1. The van der Waals surface area contributed by atoms with E-state index in [1.165, 1.54) is 6.20 Å². The fourth-order valence-corrected chi connectivity index (χ4v) is 1.71. The van der Waals surface area contributed by atoms with Gasteiger partial charge in [0.25, 0.3) is 0 Å². The normalized spacial score (nSPS) is 11.4. The van der Waals surface area contributed by atoms with Crippen LogP contribution in [0.3, 0.4) is 0 Å². The van der Waals surface area contributed by atoms with Gasteiger partial charge in [-0.15, -0.1) is 0 Å². The number of rotatable bonds is 4. The molecule has 20 heavy (non-hydrogen) atoms. The van der Waals surface area contributed by atoms with Crippen molar-refractivity contribution in [2.24, 2.45) is 10.9 Å². The summed E-state index contributed by atoms with van der Waals surface area (Å²) in [4.78, 5) is 8.49. The summed E-state index contributed by atoms with van der Waals surface area (Å²) in [5, 5.41) is 11.5. The van der Waals surface area contributed by atoms with E-state index in [1.807, 2.05) is 26.0 Å². The molecule has 0 bridgehead atoms. The van der Waals surface area contributed by atoms with Gasteiger partial charge < -0.3 is 15.7 Å². The van der Waals surface area contributed by atoms with Crippen molar-refractivity contribution in [3.8, 4) is 11.5 Å². The fraction of sp³-hybridized carbons (Fsp3) is 0.214. The molecule has 0 amide bonds. The molecule has 2 aromatic heterocycles. The van der Waals surface area contributed by atoms with E-state index in [4.69, 9.17) is 15.7 Å². The zero-order valence-electron chi connectivity index (χ0n) is 11.4. The van der Waals surface area contributed by atoms with Crippen LogP contribution in [-0.4, -0.2) is 21.0 Å². The van der Waals surface area contributed by atoms with Crippen LogP contribution in [0.25, 0.3) is 0 Å². The quantitative estimate of drug-likeness (QED) is 0.385. The Labute approximate surface area is 116 Å². The van der Waals surface area contributed by atoms with Crippen LogP contribution in [0.2, 0.25) is 0 Å². The lowest BCUT2D eigenvalue weighted by atomic mass is 10.2. The molecule has 0 atom stereocenters. The maximum Gasteiger partial charge on any atom is 0.188 e. The molecule has 0 unspecified atom stereocenters. The highest BCUT2D eigenvalue weighted by Crippen LogP contribution is 2.24. The third-order valence-electron chi connectivity index (χ3n) is 2.74. The summed E-state index contributed by atoms with van der Waals surface area (Å²) in [5.74, 6) is 1.24. The second-order valence-corrected chi connectivity index (χ2v) is 4.22.